The van der Waals surface area contributed by atoms with Gasteiger partial charge in [0.1, 0.15) is 60.1 Å². The Kier molecular flexibility index (Phi) is 9.96. The molecule has 0 spiro atoms. The number of aromatic nitrogens is 3. The molecule has 1 aromatic carbocycles. The molecule has 3 aromatic rings. The molecule has 0 aliphatic carbocycles. The minimum atomic E-state index is -0.501. The minimum absolute atomic E-state index is 0.168. The Morgan fingerprint density at radius 2 is 2.14 bits per heavy atom. The lowest BCUT2D eigenvalue weighted by molar-refractivity contribution is -0.535. The van der Waals surface area contributed by atoms with Crippen LogP contribution in [0, 0.1) is 5.82 Å². The second-order valence-corrected chi connectivity index (χ2v) is 11.4. The third kappa shape index (κ3) is 7.46. The largest absolute Gasteiger partial charge is 0.488 e. The van der Waals surface area contributed by atoms with Gasteiger partial charge in [0, 0.05) is 69.1 Å². The number of nitrogens with two attached hydrogens (primary N) is 1. The third-order valence-electron chi connectivity index (χ3n) is 8.00. The van der Waals surface area contributed by atoms with Gasteiger partial charge < -0.3 is 25.6 Å². The second-order valence-electron chi connectivity index (χ2n) is 11.4. The molecule has 1 saturated heterocycles. The van der Waals surface area contributed by atoms with Crippen LogP contribution in [0.2, 0.25) is 0 Å². The highest BCUT2D eigenvalue weighted by Crippen LogP contribution is 2.31. The lowest BCUT2D eigenvalue weighted by Crippen LogP contribution is -2.40. The van der Waals surface area contributed by atoms with E-state index < -0.39 is 12.0 Å². The number of nitrogen functional groups attached to an aromatic ring is 1. The predicted octanol–water partition coefficient (Wildman–Crippen LogP) is 4.36. The Labute approximate surface area is 258 Å². The highest BCUT2D eigenvalue weighted by molar-refractivity contribution is 5.75. The number of benzene rings is 1. The van der Waals surface area contributed by atoms with Crippen LogP contribution in [0.3, 0.4) is 0 Å². The van der Waals surface area contributed by atoms with Gasteiger partial charge in [0.05, 0.1) is 11.3 Å². The van der Waals surface area contributed by atoms with Crippen molar-refractivity contribution >= 4 is 17.5 Å². The van der Waals surface area contributed by atoms with Crippen LogP contribution < -0.4 is 20.5 Å². The van der Waals surface area contributed by atoms with Crippen LogP contribution in [0.1, 0.15) is 57.5 Å². The van der Waals surface area contributed by atoms with Gasteiger partial charge in [0.25, 0.3) is 0 Å². The van der Waals surface area contributed by atoms with Gasteiger partial charge in [-0.1, -0.05) is 13.0 Å². The summed E-state index contributed by atoms with van der Waals surface area (Å²) < 4.78 is 30.6. The SMILES string of the molecule is CCC=C(C=CCc1nc(C2CCCN(C(C)O)C2)n2ccnc(N)c12)Oc1cc(F)cc(OCC2=CNC(C)[N+](C)=C2)c1. The molecule has 10 nitrogen and oxygen atoms in total. The normalized spacial score (nSPS) is 20.4. The monoisotopic (exact) mass is 604 g/mol. The number of imidazole rings is 1. The molecule has 0 bridgehead atoms. The fourth-order valence-electron chi connectivity index (χ4n) is 5.60. The molecule has 0 amide bonds. The summed E-state index contributed by atoms with van der Waals surface area (Å²) in [7, 11) is 1.98. The van der Waals surface area contributed by atoms with E-state index in [2.05, 4.69) is 22.1 Å². The molecule has 3 atom stereocenters. The highest BCUT2D eigenvalue weighted by atomic mass is 19.1. The molecule has 2 aliphatic heterocycles. The molecule has 11 heteroatoms. The van der Waals surface area contributed by atoms with Crippen LogP contribution in [-0.2, 0) is 6.42 Å². The molecule has 4 N–H and O–H groups in total. The number of anilines is 1. The van der Waals surface area contributed by atoms with Gasteiger partial charge in [-0.15, -0.1) is 0 Å². The number of nitrogens with zero attached hydrogens (tertiary/aromatic N) is 5. The fourth-order valence-corrected chi connectivity index (χ4v) is 5.60. The number of piperidine rings is 1. The van der Waals surface area contributed by atoms with Crippen molar-refractivity contribution in [1.82, 2.24) is 24.6 Å². The zero-order valence-corrected chi connectivity index (χ0v) is 25.9. The van der Waals surface area contributed by atoms with E-state index in [1.54, 1.807) is 19.2 Å². The molecule has 0 saturated carbocycles. The van der Waals surface area contributed by atoms with Gasteiger partial charge in [0.15, 0.2) is 6.21 Å². The maximum absolute atomic E-state index is 14.5. The van der Waals surface area contributed by atoms with Crippen molar-refractivity contribution < 1.29 is 23.5 Å². The van der Waals surface area contributed by atoms with Crippen LogP contribution in [-0.4, -0.2) is 74.3 Å². The van der Waals surface area contributed by atoms with Gasteiger partial charge in [-0.05, 0) is 38.3 Å². The molecule has 4 heterocycles. The number of halogens is 1. The Bertz CT molecular complexity index is 1590. The van der Waals surface area contributed by atoms with Gasteiger partial charge in [-0.25, -0.2) is 18.9 Å². The molecule has 2 aromatic heterocycles. The lowest BCUT2D eigenvalue weighted by atomic mass is 9.97. The standard InChI is InChI=1S/C33H42FN7O3/c1-5-8-27(44-29-16-26(34)15-28(17-29)43-21-24-18-37-22(2)39(4)19-24)10-6-11-30-31-32(35)36-12-14-41(31)33(38-30)25-9-7-13-40(20-25)23(3)42/h6,8,10,12,14-19,22-23,25,42H,5,7,9,11,13,20-21H2,1-4H3,(H2,35,36)/p+1. The first-order valence-corrected chi connectivity index (χ1v) is 15.2. The number of aliphatic hydroxyl groups is 1. The molecule has 1 fully saturated rings. The second kappa shape index (κ2) is 14.0. The Balaban J connectivity index is 1.30. The molecule has 44 heavy (non-hydrogen) atoms. The molecule has 3 unspecified atom stereocenters. The Morgan fingerprint density at radius 3 is 2.91 bits per heavy atom. The van der Waals surface area contributed by atoms with E-state index in [1.165, 1.54) is 12.1 Å². The van der Waals surface area contributed by atoms with Crippen molar-refractivity contribution in [3.63, 3.8) is 0 Å². The van der Waals surface area contributed by atoms with E-state index in [0.29, 0.717) is 36.1 Å². The van der Waals surface area contributed by atoms with Gasteiger partial charge in [0.2, 0.25) is 6.17 Å². The van der Waals surface area contributed by atoms with Crippen LogP contribution in [0.25, 0.3) is 5.52 Å². The number of fused-ring (bicyclic) bond motifs is 1. The Morgan fingerprint density at radius 1 is 1.32 bits per heavy atom. The summed E-state index contributed by atoms with van der Waals surface area (Å²) in [6.45, 7) is 7.76. The number of rotatable bonds is 11. The molecule has 5 rings (SSSR count). The number of allylic oxidation sites excluding steroid dienone is 3. The average Bonchev–Trinajstić information content (AvgIpc) is 3.37. The zero-order valence-electron chi connectivity index (χ0n) is 25.9. The van der Waals surface area contributed by atoms with E-state index in [4.69, 9.17) is 20.2 Å². The van der Waals surface area contributed by atoms with Crippen molar-refractivity contribution in [2.75, 3.05) is 32.5 Å². The van der Waals surface area contributed by atoms with Crippen LogP contribution in [0.5, 0.6) is 11.5 Å². The summed E-state index contributed by atoms with van der Waals surface area (Å²) in [6, 6.07) is 4.38. The highest BCUT2D eigenvalue weighted by Gasteiger charge is 2.28. The molecule has 234 valence electrons. The first-order valence-electron chi connectivity index (χ1n) is 15.2. The van der Waals surface area contributed by atoms with E-state index in [0.717, 1.165) is 55.0 Å². The number of nitrogens with one attached hydrogen (secondary N) is 1. The number of hydrogen-bond donors (Lipinski definition) is 3. The van der Waals surface area contributed by atoms with E-state index in [-0.39, 0.29) is 12.1 Å². The molecular formula is C33H43FN7O3+. The zero-order chi connectivity index (χ0) is 31.2. The summed E-state index contributed by atoms with van der Waals surface area (Å²) in [5, 5.41) is 13.4. The topological polar surface area (TPSA) is 113 Å². The number of likely N-dealkylation sites (tertiary alicyclic amines) is 1. The van der Waals surface area contributed by atoms with Gasteiger partial charge >= 0.3 is 0 Å². The van der Waals surface area contributed by atoms with Crippen LogP contribution in [0.4, 0.5) is 10.2 Å². The van der Waals surface area contributed by atoms with Crippen molar-refractivity contribution in [1.29, 1.82) is 0 Å². The summed E-state index contributed by atoms with van der Waals surface area (Å²) >= 11 is 0. The van der Waals surface area contributed by atoms with E-state index in [1.807, 2.05) is 59.8 Å². The lowest BCUT2D eigenvalue weighted by Gasteiger charge is -2.33. The number of hydrogen-bond acceptors (Lipinski definition) is 8. The molecule has 0 radical (unpaired) electrons. The summed E-state index contributed by atoms with van der Waals surface area (Å²) in [5.41, 5.74) is 8.88. The van der Waals surface area contributed by atoms with Gasteiger partial charge in [-0.2, -0.15) is 0 Å². The summed E-state index contributed by atoms with van der Waals surface area (Å²) in [6.07, 6.45) is 16.2. The number of aliphatic hydroxyl groups excluding tert-OH is 1. The van der Waals surface area contributed by atoms with E-state index >= 15 is 0 Å². The quantitative estimate of drug-likeness (QED) is 0.168. The van der Waals surface area contributed by atoms with Crippen molar-refractivity contribution in [3.8, 4) is 11.5 Å². The third-order valence-corrected chi connectivity index (χ3v) is 8.00. The maximum Gasteiger partial charge on any atom is 0.222 e. The van der Waals surface area contributed by atoms with Crippen molar-refractivity contribution in [3.05, 3.63) is 83.7 Å². The van der Waals surface area contributed by atoms with Crippen LogP contribution in [0.15, 0.2) is 66.4 Å². The number of ether oxygens (including phenoxy) is 2. The molecular weight excluding hydrogens is 561 g/mol. The summed E-state index contributed by atoms with van der Waals surface area (Å²) in [5.74, 6) is 2.38. The Hall–Kier alpha value is -4.22. The summed E-state index contributed by atoms with van der Waals surface area (Å²) in [4.78, 5) is 11.4. The van der Waals surface area contributed by atoms with Crippen LogP contribution >= 0.6 is 0 Å². The first kappa shape index (κ1) is 31.2. The first-order chi connectivity index (χ1) is 21.2. The average molecular weight is 605 g/mol. The minimum Gasteiger partial charge on any atom is -0.488 e. The predicted molar refractivity (Wildman–Crippen MR) is 169 cm³/mol. The fraction of sp³-hybridized carbons (Fsp3) is 0.424. The van der Waals surface area contributed by atoms with E-state index in [9.17, 15) is 9.50 Å². The van der Waals surface area contributed by atoms with Crippen molar-refractivity contribution in [2.45, 2.75) is 64.8 Å². The smallest absolute Gasteiger partial charge is 0.222 e. The maximum atomic E-state index is 14.5. The van der Waals surface area contributed by atoms with Gasteiger partial charge in [-0.3, -0.25) is 9.30 Å². The van der Waals surface area contributed by atoms with Crippen molar-refractivity contribution in [2.24, 2.45) is 0 Å². The molecule has 2 aliphatic rings.